The first-order valence-corrected chi connectivity index (χ1v) is 7.75. The highest BCUT2D eigenvalue weighted by Crippen LogP contribution is 2.29. The van der Waals surface area contributed by atoms with Crippen LogP contribution in [0.4, 0.5) is 0 Å². The number of alkyl halides is 1. The van der Waals surface area contributed by atoms with Gasteiger partial charge in [0.2, 0.25) is 0 Å². The molecule has 0 amide bonds. The van der Waals surface area contributed by atoms with E-state index in [-0.39, 0.29) is 17.6 Å². The highest BCUT2D eigenvalue weighted by atomic mass is 35.5. The van der Waals surface area contributed by atoms with Crippen LogP contribution in [0.3, 0.4) is 0 Å². The summed E-state index contributed by atoms with van der Waals surface area (Å²) in [5.41, 5.74) is 0. The largest absolute Gasteiger partial charge is 0.469 e. The third kappa shape index (κ3) is 2.80. The zero-order valence-electron chi connectivity index (χ0n) is 8.93. The number of rotatable bonds is 4. The summed E-state index contributed by atoms with van der Waals surface area (Å²) in [6, 6.07) is 3.75. The van der Waals surface area contributed by atoms with Gasteiger partial charge in [0.1, 0.15) is 5.76 Å². The van der Waals surface area contributed by atoms with Crippen LogP contribution in [0.25, 0.3) is 0 Å². The van der Waals surface area contributed by atoms with Crippen molar-refractivity contribution in [2.45, 2.75) is 12.8 Å². The van der Waals surface area contributed by atoms with Crippen molar-refractivity contribution in [1.82, 2.24) is 0 Å². The average Bonchev–Trinajstić information content (AvgIpc) is 2.83. The summed E-state index contributed by atoms with van der Waals surface area (Å²) < 4.78 is 28.1. The predicted molar refractivity (Wildman–Crippen MR) is 63.4 cm³/mol. The lowest BCUT2D eigenvalue weighted by Gasteiger charge is -2.18. The van der Waals surface area contributed by atoms with Gasteiger partial charge in [-0.05, 0) is 30.4 Å². The quantitative estimate of drug-likeness (QED) is 0.781. The molecule has 0 bridgehead atoms. The Kier molecular flexibility index (Phi) is 3.60. The van der Waals surface area contributed by atoms with Crippen molar-refractivity contribution in [3.8, 4) is 0 Å². The molecule has 16 heavy (non-hydrogen) atoms. The Hall–Kier alpha value is -0.480. The fourth-order valence-electron chi connectivity index (χ4n) is 2.23. The van der Waals surface area contributed by atoms with E-state index in [1.807, 2.05) is 12.1 Å². The van der Waals surface area contributed by atoms with E-state index in [1.165, 1.54) is 0 Å². The van der Waals surface area contributed by atoms with Gasteiger partial charge < -0.3 is 4.42 Å². The molecule has 0 aromatic carbocycles. The minimum absolute atomic E-state index is 0.188. The van der Waals surface area contributed by atoms with Gasteiger partial charge in [-0.15, -0.1) is 11.6 Å². The van der Waals surface area contributed by atoms with Gasteiger partial charge in [-0.2, -0.15) is 0 Å². The van der Waals surface area contributed by atoms with Crippen LogP contribution in [0.5, 0.6) is 0 Å². The highest BCUT2D eigenvalue weighted by molar-refractivity contribution is 7.91. The summed E-state index contributed by atoms with van der Waals surface area (Å²) >= 11 is 5.92. The van der Waals surface area contributed by atoms with Crippen molar-refractivity contribution in [3.05, 3.63) is 24.2 Å². The molecule has 1 fully saturated rings. The summed E-state index contributed by atoms with van der Waals surface area (Å²) in [5.74, 6) is 2.35. The Morgan fingerprint density at radius 3 is 2.88 bits per heavy atom. The van der Waals surface area contributed by atoms with E-state index in [0.717, 1.165) is 18.6 Å². The summed E-state index contributed by atoms with van der Waals surface area (Å²) in [4.78, 5) is 0. The molecule has 3 nitrogen and oxygen atoms in total. The number of sulfone groups is 1. The molecule has 90 valence electrons. The number of furan rings is 1. The molecule has 2 atom stereocenters. The first kappa shape index (κ1) is 12.0. The van der Waals surface area contributed by atoms with Gasteiger partial charge in [0.05, 0.1) is 17.8 Å². The fraction of sp³-hybridized carbons (Fsp3) is 0.636. The van der Waals surface area contributed by atoms with E-state index in [2.05, 4.69) is 0 Å². The second-order valence-corrected chi connectivity index (χ2v) is 6.90. The summed E-state index contributed by atoms with van der Waals surface area (Å²) in [6.07, 6.45) is 3.10. The molecule has 0 N–H and O–H groups in total. The normalized spacial score (nSPS) is 25.7. The van der Waals surface area contributed by atoms with Crippen molar-refractivity contribution in [3.63, 3.8) is 0 Å². The number of hydrogen-bond donors (Lipinski definition) is 0. The van der Waals surface area contributed by atoms with Crippen LogP contribution in [0.15, 0.2) is 22.8 Å². The smallest absolute Gasteiger partial charge is 0.150 e. The molecule has 0 radical (unpaired) electrons. The van der Waals surface area contributed by atoms with E-state index >= 15 is 0 Å². The van der Waals surface area contributed by atoms with Gasteiger partial charge in [-0.3, -0.25) is 0 Å². The monoisotopic (exact) mass is 262 g/mol. The number of hydrogen-bond acceptors (Lipinski definition) is 3. The zero-order chi connectivity index (χ0) is 11.6. The van der Waals surface area contributed by atoms with E-state index in [9.17, 15) is 8.42 Å². The molecule has 0 saturated carbocycles. The van der Waals surface area contributed by atoms with Gasteiger partial charge in [-0.1, -0.05) is 0 Å². The van der Waals surface area contributed by atoms with Gasteiger partial charge in [0, 0.05) is 12.3 Å². The van der Waals surface area contributed by atoms with Crippen molar-refractivity contribution in [1.29, 1.82) is 0 Å². The molecule has 5 heteroatoms. The van der Waals surface area contributed by atoms with Crippen LogP contribution in [0.1, 0.15) is 12.2 Å². The van der Waals surface area contributed by atoms with Crippen LogP contribution < -0.4 is 0 Å². The van der Waals surface area contributed by atoms with Crippen LogP contribution in [0, 0.1) is 11.8 Å². The average molecular weight is 263 g/mol. The maximum Gasteiger partial charge on any atom is 0.150 e. The van der Waals surface area contributed by atoms with Crippen LogP contribution in [-0.2, 0) is 16.3 Å². The molecule has 0 aliphatic carbocycles. The third-order valence-corrected chi connectivity index (χ3v) is 5.37. The Morgan fingerprint density at radius 1 is 1.56 bits per heavy atom. The number of halogens is 1. The second kappa shape index (κ2) is 4.80. The lowest BCUT2D eigenvalue weighted by atomic mass is 9.90. The Labute approximate surface area is 101 Å². The SMILES string of the molecule is O=S1(=O)CCC(C(CCl)Cc2ccco2)C1. The predicted octanol–water partition coefficient (Wildman–Crippen LogP) is 2.11. The van der Waals surface area contributed by atoms with Crippen molar-refractivity contribution >= 4 is 21.4 Å². The zero-order valence-corrected chi connectivity index (χ0v) is 10.5. The third-order valence-electron chi connectivity index (χ3n) is 3.18. The van der Waals surface area contributed by atoms with Crippen LogP contribution in [0.2, 0.25) is 0 Å². The van der Waals surface area contributed by atoms with E-state index < -0.39 is 9.84 Å². The highest BCUT2D eigenvalue weighted by Gasteiger charge is 2.33. The molecule has 1 saturated heterocycles. The van der Waals surface area contributed by atoms with Gasteiger partial charge >= 0.3 is 0 Å². The molecule has 2 rings (SSSR count). The van der Waals surface area contributed by atoms with Crippen molar-refractivity contribution in [2.75, 3.05) is 17.4 Å². The molecular formula is C11H15ClO3S. The summed E-state index contributed by atoms with van der Waals surface area (Å²) in [5, 5.41) is 0. The molecule has 0 spiro atoms. The second-order valence-electron chi connectivity index (χ2n) is 4.36. The topological polar surface area (TPSA) is 47.3 Å². The molecule has 2 heterocycles. The first-order valence-electron chi connectivity index (χ1n) is 5.39. The van der Waals surface area contributed by atoms with E-state index in [0.29, 0.717) is 11.6 Å². The molecule has 1 aliphatic heterocycles. The van der Waals surface area contributed by atoms with Gasteiger partial charge in [-0.25, -0.2) is 8.42 Å². The maximum atomic E-state index is 11.4. The fourth-order valence-corrected chi connectivity index (χ4v) is 4.51. The lowest BCUT2D eigenvalue weighted by molar-refractivity contribution is 0.365. The standard InChI is InChI=1S/C11H15ClO3S/c12-7-10(6-11-2-1-4-15-11)9-3-5-16(13,14)8-9/h1-2,4,9-10H,3,5-8H2. The van der Waals surface area contributed by atoms with Crippen LogP contribution >= 0.6 is 11.6 Å². The van der Waals surface area contributed by atoms with E-state index in [1.54, 1.807) is 6.26 Å². The molecule has 1 aromatic rings. The maximum absolute atomic E-state index is 11.4. The first-order chi connectivity index (χ1) is 7.61. The summed E-state index contributed by atoms with van der Waals surface area (Å²) in [7, 11) is -2.82. The molecular weight excluding hydrogens is 248 g/mol. The lowest BCUT2D eigenvalue weighted by Crippen LogP contribution is -2.20. The Balaban J connectivity index is 2.01. The minimum Gasteiger partial charge on any atom is -0.469 e. The summed E-state index contributed by atoms with van der Waals surface area (Å²) in [6.45, 7) is 0. The minimum atomic E-state index is -2.82. The Morgan fingerprint density at radius 2 is 2.38 bits per heavy atom. The van der Waals surface area contributed by atoms with Crippen molar-refractivity contribution in [2.24, 2.45) is 11.8 Å². The Bertz CT molecular complexity index is 424. The van der Waals surface area contributed by atoms with Gasteiger partial charge in [0.25, 0.3) is 0 Å². The molecule has 2 unspecified atom stereocenters. The van der Waals surface area contributed by atoms with Gasteiger partial charge in [0.15, 0.2) is 9.84 Å². The van der Waals surface area contributed by atoms with Crippen LogP contribution in [-0.4, -0.2) is 25.8 Å². The molecule has 1 aromatic heterocycles. The van der Waals surface area contributed by atoms with E-state index in [4.69, 9.17) is 16.0 Å². The van der Waals surface area contributed by atoms with Crippen molar-refractivity contribution < 1.29 is 12.8 Å². The molecule has 1 aliphatic rings.